The van der Waals surface area contributed by atoms with E-state index in [1.165, 1.54) is 12.1 Å². The molecule has 1 saturated carbocycles. The largest absolute Gasteiger partial charge is 0.416 e. The van der Waals surface area contributed by atoms with Gasteiger partial charge in [-0.25, -0.2) is 0 Å². The van der Waals surface area contributed by atoms with Gasteiger partial charge in [0.2, 0.25) is 0 Å². The quantitative estimate of drug-likeness (QED) is 0.169. The molecule has 2 rings (SSSR count). The lowest BCUT2D eigenvalue weighted by Gasteiger charge is -2.41. The Hall–Kier alpha value is -1.07. The van der Waals surface area contributed by atoms with E-state index in [1.54, 1.807) is 13.2 Å². The topological polar surface area (TPSA) is 54.9 Å². The molecule has 1 fully saturated rings. The number of hydrogen-bond acceptors (Lipinski definition) is 3. The summed E-state index contributed by atoms with van der Waals surface area (Å²) in [5, 5.41) is 6.53. The molecule has 1 aliphatic carbocycles. The molecule has 31 heavy (non-hydrogen) atoms. The predicted octanol–water partition coefficient (Wildman–Crippen LogP) is 4.74. The second kappa shape index (κ2) is 14.2. The van der Waals surface area contributed by atoms with E-state index < -0.39 is 11.7 Å². The van der Waals surface area contributed by atoms with Gasteiger partial charge in [-0.1, -0.05) is 24.6 Å². The van der Waals surface area contributed by atoms with Crippen molar-refractivity contribution >= 4 is 29.9 Å². The number of halogens is 4. The van der Waals surface area contributed by atoms with E-state index in [-0.39, 0.29) is 29.4 Å². The minimum atomic E-state index is -4.33. The van der Waals surface area contributed by atoms with E-state index in [4.69, 9.17) is 14.5 Å². The Morgan fingerprint density at radius 2 is 1.90 bits per heavy atom. The first-order valence-electron chi connectivity index (χ1n) is 10.7. The molecule has 0 spiro atoms. The molecule has 1 aromatic carbocycles. The summed E-state index contributed by atoms with van der Waals surface area (Å²) in [7, 11) is 1.65. The lowest BCUT2D eigenvalue weighted by molar-refractivity contribution is -0.137. The zero-order chi connectivity index (χ0) is 21.9. The molecule has 1 aliphatic rings. The maximum absolute atomic E-state index is 13.1. The minimum absolute atomic E-state index is 0. The molecule has 1 aromatic rings. The highest BCUT2D eigenvalue weighted by atomic mass is 127. The van der Waals surface area contributed by atoms with Crippen LogP contribution in [0.3, 0.4) is 0 Å². The van der Waals surface area contributed by atoms with Crippen LogP contribution in [0.4, 0.5) is 13.2 Å². The maximum atomic E-state index is 13.1. The van der Waals surface area contributed by atoms with Crippen molar-refractivity contribution in [2.45, 2.75) is 50.6 Å². The molecule has 0 unspecified atom stereocenters. The first kappa shape index (κ1) is 28.0. The molecule has 0 aromatic heterocycles. The average Bonchev–Trinajstić information content (AvgIpc) is 2.68. The van der Waals surface area contributed by atoms with Gasteiger partial charge in [0, 0.05) is 32.2 Å². The fourth-order valence-electron chi connectivity index (χ4n) is 3.52. The van der Waals surface area contributed by atoms with Gasteiger partial charge in [0.1, 0.15) is 0 Å². The van der Waals surface area contributed by atoms with Gasteiger partial charge < -0.3 is 20.1 Å². The Balaban J connectivity index is 0.00000480. The summed E-state index contributed by atoms with van der Waals surface area (Å²) < 4.78 is 49.7. The Morgan fingerprint density at radius 1 is 1.13 bits per heavy atom. The van der Waals surface area contributed by atoms with E-state index >= 15 is 0 Å². The number of nitrogens with zero attached hydrogens (tertiary/aromatic N) is 1. The van der Waals surface area contributed by atoms with E-state index in [0.29, 0.717) is 32.3 Å². The fraction of sp³-hybridized carbons (Fsp3) is 0.682. The van der Waals surface area contributed by atoms with Crippen LogP contribution in [0.5, 0.6) is 0 Å². The zero-order valence-corrected chi connectivity index (χ0v) is 20.7. The van der Waals surface area contributed by atoms with Crippen molar-refractivity contribution in [1.82, 2.24) is 10.6 Å². The molecule has 0 amide bonds. The van der Waals surface area contributed by atoms with E-state index in [0.717, 1.165) is 56.8 Å². The highest BCUT2D eigenvalue weighted by molar-refractivity contribution is 14.0. The number of hydrogen-bond donors (Lipinski definition) is 2. The van der Waals surface area contributed by atoms with Crippen LogP contribution < -0.4 is 10.6 Å². The molecular formula is C22H35F3IN3O2. The number of alkyl halides is 3. The monoisotopic (exact) mass is 557 g/mol. The SMILES string of the molecule is CCNC(=NCC1(c2cccc(C(F)(F)F)c2)CCC1)NCCCCOCCOC.I. The summed E-state index contributed by atoms with van der Waals surface area (Å²) in [6.45, 7) is 5.85. The van der Waals surface area contributed by atoms with Crippen LogP contribution in [-0.4, -0.2) is 52.5 Å². The van der Waals surface area contributed by atoms with Crippen molar-refractivity contribution < 1.29 is 22.6 Å². The number of rotatable bonds is 12. The van der Waals surface area contributed by atoms with Crippen molar-refractivity contribution in [1.29, 1.82) is 0 Å². The van der Waals surface area contributed by atoms with Gasteiger partial charge in [0.25, 0.3) is 0 Å². The average molecular weight is 557 g/mol. The lowest BCUT2D eigenvalue weighted by atomic mass is 9.64. The number of nitrogens with one attached hydrogen (secondary N) is 2. The summed E-state index contributed by atoms with van der Waals surface area (Å²) in [6.07, 6.45) is 0.277. The minimum Gasteiger partial charge on any atom is -0.382 e. The highest BCUT2D eigenvalue weighted by Crippen LogP contribution is 2.45. The summed E-state index contributed by atoms with van der Waals surface area (Å²) >= 11 is 0. The van der Waals surface area contributed by atoms with Crippen LogP contribution in [0.15, 0.2) is 29.3 Å². The molecule has 0 radical (unpaired) electrons. The number of unbranched alkanes of at least 4 members (excludes halogenated alkanes) is 1. The third-order valence-corrected chi connectivity index (χ3v) is 5.44. The first-order chi connectivity index (χ1) is 14.4. The molecule has 0 atom stereocenters. The number of aliphatic imine (C=N–C) groups is 1. The third-order valence-electron chi connectivity index (χ3n) is 5.44. The summed E-state index contributed by atoms with van der Waals surface area (Å²) in [5.74, 6) is 0.705. The second-order valence-electron chi connectivity index (χ2n) is 7.65. The van der Waals surface area contributed by atoms with Crippen molar-refractivity contribution in [2.75, 3.05) is 46.6 Å². The molecule has 2 N–H and O–H groups in total. The Labute approximate surface area is 200 Å². The van der Waals surface area contributed by atoms with Crippen molar-refractivity contribution in [3.8, 4) is 0 Å². The summed E-state index contributed by atoms with van der Waals surface area (Å²) in [4.78, 5) is 4.70. The molecule has 0 bridgehead atoms. The maximum Gasteiger partial charge on any atom is 0.416 e. The standard InChI is InChI=1S/C22H34F3N3O2.HI/c1-3-26-20(27-12-4-5-13-30-15-14-29-2)28-17-21(10-7-11-21)18-8-6-9-19(16-18)22(23,24)25;/h6,8-9,16H,3-5,7,10-15,17H2,1-2H3,(H2,26,27,28);1H. The fourth-order valence-corrected chi connectivity index (χ4v) is 3.52. The molecule has 0 aliphatic heterocycles. The summed E-state index contributed by atoms with van der Waals surface area (Å²) in [6, 6.07) is 5.72. The molecule has 9 heteroatoms. The number of benzene rings is 1. The molecule has 0 saturated heterocycles. The highest BCUT2D eigenvalue weighted by Gasteiger charge is 2.40. The smallest absolute Gasteiger partial charge is 0.382 e. The van der Waals surface area contributed by atoms with Crippen molar-refractivity contribution in [3.05, 3.63) is 35.4 Å². The molecule has 178 valence electrons. The van der Waals surface area contributed by atoms with Crippen LogP contribution in [0.25, 0.3) is 0 Å². The van der Waals surface area contributed by atoms with E-state index in [1.807, 2.05) is 6.92 Å². The van der Waals surface area contributed by atoms with Crippen LogP contribution in [0, 0.1) is 0 Å². The van der Waals surface area contributed by atoms with Gasteiger partial charge in [-0.05, 0) is 44.2 Å². The van der Waals surface area contributed by atoms with Crippen molar-refractivity contribution in [3.63, 3.8) is 0 Å². The number of ether oxygens (including phenoxy) is 2. The van der Waals surface area contributed by atoms with Crippen LogP contribution in [0.1, 0.15) is 50.2 Å². The summed E-state index contributed by atoms with van der Waals surface area (Å²) in [5.41, 5.74) is -0.164. The lowest BCUT2D eigenvalue weighted by Crippen LogP contribution is -2.42. The van der Waals surface area contributed by atoms with Gasteiger partial charge in [-0.2, -0.15) is 13.2 Å². The second-order valence-corrected chi connectivity index (χ2v) is 7.65. The van der Waals surface area contributed by atoms with Gasteiger partial charge in [-0.15, -0.1) is 24.0 Å². The van der Waals surface area contributed by atoms with Crippen LogP contribution in [-0.2, 0) is 21.1 Å². The Kier molecular flexibility index (Phi) is 12.8. The molecular weight excluding hydrogens is 522 g/mol. The number of guanidine groups is 1. The van der Waals surface area contributed by atoms with Crippen molar-refractivity contribution in [2.24, 2.45) is 4.99 Å². The third kappa shape index (κ3) is 9.13. The van der Waals surface area contributed by atoms with Gasteiger partial charge in [0.05, 0.1) is 25.3 Å². The Bertz CT molecular complexity index is 668. The molecule has 0 heterocycles. The van der Waals surface area contributed by atoms with Crippen LogP contribution >= 0.6 is 24.0 Å². The van der Waals surface area contributed by atoms with Gasteiger partial charge >= 0.3 is 6.18 Å². The normalized spacial score (nSPS) is 15.7. The number of methoxy groups -OCH3 is 1. The Morgan fingerprint density at radius 3 is 2.52 bits per heavy atom. The van der Waals surface area contributed by atoms with E-state index in [9.17, 15) is 13.2 Å². The van der Waals surface area contributed by atoms with Gasteiger partial charge in [0.15, 0.2) is 5.96 Å². The van der Waals surface area contributed by atoms with E-state index in [2.05, 4.69) is 10.6 Å². The zero-order valence-electron chi connectivity index (χ0n) is 18.4. The van der Waals surface area contributed by atoms with Gasteiger partial charge in [-0.3, -0.25) is 4.99 Å². The first-order valence-corrected chi connectivity index (χ1v) is 10.7. The molecule has 5 nitrogen and oxygen atoms in total. The van der Waals surface area contributed by atoms with Crippen LogP contribution in [0.2, 0.25) is 0 Å². The predicted molar refractivity (Wildman–Crippen MR) is 128 cm³/mol.